The molecule has 1 saturated heterocycles. The van der Waals surface area contributed by atoms with E-state index in [9.17, 15) is 8.42 Å². The predicted octanol–water partition coefficient (Wildman–Crippen LogP) is 2.78. The molecule has 9 heteroatoms. The smallest absolute Gasteiger partial charge is 0.399 e. The third-order valence-electron chi connectivity index (χ3n) is 5.77. The zero-order chi connectivity index (χ0) is 23.6. The number of fused-ring (bicyclic) bond motifs is 1. The molecule has 1 aliphatic heterocycles. The second-order valence-electron chi connectivity index (χ2n) is 8.87. The molecule has 0 unspecified atom stereocenters. The highest BCUT2D eigenvalue weighted by atomic mass is 32.2. The van der Waals surface area contributed by atoms with Crippen LogP contribution in [0.4, 0.5) is 0 Å². The van der Waals surface area contributed by atoms with Crippen molar-refractivity contribution < 1.29 is 17.7 Å². The molecule has 3 aromatic heterocycles. The van der Waals surface area contributed by atoms with Crippen molar-refractivity contribution in [3.05, 3.63) is 66.2 Å². The minimum Gasteiger partial charge on any atom is -0.399 e. The van der Waals surface area contributed by atoms with E-state index >= 15 is 0 Å². The van der Waals surface area contributed by atoms with Gasteiger partial charge in [0.15, 0.2) is 0 Å². The van der Waals surface area contributed by atoms with E-state index in [1.807, 2.05) is 80.8 Å². The van der Waals surface area contributed by atoms with Crippen LogP contribution in [-0.2, 0) is 25.6 Å². The van der Waals surface area contributed by atoms with Crippen LogP contribution in [0.25, 0.3) is 5.52 Å². The summed E-state index contributed by atoms with van der Waals surface area (Å²) in [6.45, 7) is 8.00. The van der Waals surface area contributed by atoms with Crippen molar-refractivity contribution in [1.29, 1.82) is 5.26 Å². The Labute approximate surface area is 190 Å². The molecule has 4 heterocycles. The number of hydrogen-bond donors (Lipinski definition) is 0. The fourth-order valence-electron chi connectivity index (χ4n) is 3.20. The van der Waals surface area contributed by atoms with Gasteiger partial charge in [-0.25, -0.2) is 8.42 Å². The summed E-state index contributed by atoms with van der Waals surface area (Å²) in [5, 5.41) is 8.65. The molecule has 0 spiro atoms. The Morgan fingerprint density at radius 2 is 1.78 bits per heavy atom. The Kier molecular flexibility index (Phi) is 6.79. The molecule has 4 rings (SSSR count). The first-order valence-electron chi connectivity index (χ1n) is 10.4. The maximum absolute atomic E-state index is 11.2. The van der Waals surface area contributed by atoms with Crippen LogP contribution in [0.3, 0.4) is 0 Å². The molecule has 0 saturated carbocycles. The van der Waals surface area contributed by atoms with Crippen molar-refractivity contribution in [2.75, 3.05) is 12.0 Å². The molecule has 168 valence electrons. The molecule has 0 aliphatic carbocycles. The molecule has 1 aliphatic rings. The summed E-state index contributed by atoms with van der Waals surface area (Å²) >= 11 is 0. The van der Waals surface area contributed by atoms with E-state index in [0.717, 1.165) is 16.7 Å². The van der Waals surface area contributed by atoms with E-state index in [1.165, 1.54) is 6.26 Å². The van der Waals surface area contributed by atoms with Crippen LogP contribution in [0.5, 0.6) is 0 Å². The second-order valence-corrected chi connectivity index (χ2v) is 11.1. The maximum Gasteiger partial charge on any atom is 0.494 e. The first-order chi connectivity index (χ1) is 14.9. The SMILES string of the molecule is CC1(C)OB(c2ccnc(CCS(C)(=O)=O)c2)OC1(C)C.N#Cc1ccc2ccccn12. The Hall–Kier alpha value is -2.67. The van der Waals surface area contributed by atoms with E-state index in [2.05, 4.69) is 11.1 Å². The van der Waals surface area contributed by atoms with E-state index in [4.69, 9.17) is 14.6 Å². The number of rotatable bonds is 4. The molecular formula is C23H28BN3O4S. The van der Waals surface area contributed by atoms with Gasteiger partial charge in [-0.3, -0.25) is 4.98 Å². The van der Waals surface area contributed by atoms with Crippen LogP contribution >= 0.6 is 0 Å². The molecule has 3 aromatic rings. The van der Waals surface area contributed by atoms with Gasteiger partial charge in [0.1, 0.15) is 21.6 Å². The van der Waals surface area contributed by atoms with E-state index < -0.39 is 28.2 Å². The first kappa shape index (κ1) is 24.0. The van der Waals surface area contributed by atoms with Gasteiger partial charge in [-0.15, -0.1) is 0 Å². The van der Waals surface area contributed by atoms with Gasteiger partial charge in [0.2, 0.25) is 0 Å². The molecule has 0 atom stereocenters. The van der Waals surface area contributed by atoms with Crippen LogP contribution in [0, 0.1) is 11.3 Å². The number of nitriles is 1. The average molecular weight is 453 g/mol. The monoisotopic (exact) mass is 453 g/mol. The largest absolute Gasteiger partial charge is 0.494 e. The van der Waals surface area contributed by atoms with E-state index in [0.29, 0.717) is 12.1 Å². The minimum absolute atomic E-state index is 0.0901. The molecule has 0 aromatic carbocycles. The number of sulfone groups is 1. The van der Waals surface area contributed by atoms with E-state index in [1.54, 1.807) is 6.20 Å². The normalized spacial score (nSPS) is 16.9. The van der Waals surface area contributed by atoms with Crippen molar-refractivity contribution in [3.63, 3.8) is 0 Å². The van der Waals surface area contributed by atoms with Gasteiger partial charge < -0.3 is 13.7 Å². The Morgan fingerprint density at radius 1 is 1.09 bits per heavy atom. The topological polar surface area (TPSA) is 93.7 Å². The number of aromatic nitrogens is 2. The molecule has 0 bridgehead atoms. The lowest BCUT2D eigenvalue weighted by Gasteiger charge is -2.32. The summed E-state index contributed by atoms with van der Waals surface area (Å²) in [6, 6.07) is 15.4. The Morgan fingerprint density at radius 3 is 2.41 bits per heavy atom. The number of nitrogens with zero attached hydrogens (tertiary/aromatic N) is 3. The summed E-state index contributed by atoms with van der Waals surface area (Å²) in [4.78, 5) is 4.21. The lowest BCUT2D eigenvalue weighted by molar-refractivity contribution is 0.00578. The van der Waals surface area contributed by atoms with Crippen molar-refractivity contribution >= 4 is 27.9 Å². The van der Waals surface area contributed by atoms with Crippen LogP contribution in [0.2, 0.25) is 0 Å². The van der Waals surface area contributed by atoms with Gasteiger partial charge >= 0.3 is 7.12 Å². The van der Waals surface area contributed by atoms with Crippen LogP contribution < -0.4 is 5.46 Å². The summed E-state index contributed by atoms with van der Waals surface area (Å²) in [6.07, 6.45) is 5.17. The number of aryl methyl sites for hydroxylation is 1. The summed E-state index contributed by atoms with van der Waals surface area (Å²) in [5.74, 6) is 0.0901. The van der Waals surface area contributed by atoms with Gasteiger partial charge in [-0.1, -0.05) is 6.07 Å². The van der Waals surface area contributed by atoms with Crippen LogP contribution in [0.15, 0.2) is 54.9 Å². The number of pyridine rings is 2. The van der Waals surface area contributed by atoms with Gasteiger partial charge in [0.05, 0.1) is 17.0 Å². The van der Waals surface area contributed by atoms with Gasteiger partial charge in [-0.05, 0) is 69.6 Å². The lowest BCUT2D eigenvalue weighted by atomic mass is 9.79. The third-order valence-corrected chi connectivity index (χ3v) is 6.72. The molecule has 32 heavy (non-hydrogen) atoms. The van der Waals surface area contributed by atoms with Crippen LogP contribution in [-0.4, -0.2) is 48.1 Å². The molecule has 0 radical (unpaired) electrons. The highest BCUT2D eigenvalue weighted by Gasteiger charge is 2.51. The summed E-state index contributed by atoms with van der Waals surface area (Å²) in [5.41, 5.74) is 2.55. The van der Waals surface area contributed by atoms with Gasteiger partial charge in [0.25, 0.3) is 0 Å². The highest BCUT2D eigenvalue weighted by Crippen LogP contribution is 2.36. The molecule has 0 N–H and O–H groups in total. The fraction of sp³-hybridized carbons (Fsp3) is 0.391. The standard InChI is InChI=1S/C14H22BNO4S.C9H6N2/c1-13(2)14(3,4)20-15(19-13)11-6-8-16-12(10-11)7-9-21(5,17)18;10-7-9-5-4-8-3-1-2-6-11(8)9/h6,8,10H,7,9H2,1-5H3;1-6H. The van der Waals surface area contributed by atoms with Gasteiger partial charge in [0, 0.05) is 36.3 Å². The zero-order valence-corrected chi connectivity index (χ0v) is 19.9. The van der Waals surface area contributed by atoms with Crippen LogP contribution in [0.1, 0.15) is 39.1 Å². The number of hydrogen-bond acceptors (Lipinski definition) is 6. The van der Waals surface area contributed by atoms with Gasteiger partial charge in [-0.2, -0.15) is 5.26 Å². The second kappa shape index (κ2) is 9.06. The van der Waals surface area contributed by atoms with Crippen molar-refractivity contribution in [1.82, 2.24) is 9.38 Å². The zero-order valence-electron chi connectivity index (χ0n) is 19.1. The molecule has 7 nitrogen and oxygen atoms in total. The molecule has 1 fully saturated rings. The summed E-state index contributed by atoms with van der Waals surface area (Å²) in [7, 11) is -3.44. The van der Waals surface area contributed by atoms with E-state index in [-0.39, 0.29) is 5.75 Å². The highest BCUT2D eigenvalue weighted by molar-refractivity contribution is 7.90. The predicted molar refractivity (Wildman–Crippen MR) is 125 cm³/mol. The van der Waals surface area contributed by atoms with Crippen molar-refractivity contribution in [2.24, 2.45) is 0 Å². The van der Waals surface area contributed by atoms with Crippen molar-refractivity contribution in [2.45, 2.75) is 45.3 Å². The molecular weight excluding hydrogens is 425 g/mol. The quantitative estimate of drug-likeness (QED) is 0.564. The molecule has 0 amide bonds. The Balaban J connectivity index is 0.000000219. The lowest BCUT2D eigenvalue weighted by Crippen LogP contribution is -2.41. The Bertz CT molecular complexity index is 1230. The third kappa shape index (κ3) is 5.57. The summed E-state index contributed by atoms with van der Waals surface area (Å²) < 4.78 is 36.3. The average Bonchev–Trinajstić information content (AvgIpc) is 3.24. The maximum atomic E-state index is 11.2. The minimum atomic E-state index is -2.99. The fourth-order valence-corrected chi connectivity index (χ4v) is 3.78. The first-order valence-corrected chi connectivity index (χ1v) is 12.4. The van der Waals surface area contributed by atoms with Crippen molar-refractivity contribution in [3.8, 4) is 6.07 Å².